The molecule has 1 saturated heterocycles. The molecule has 2 N–H and O–H groups in total. The van der Waals surface area contributed by atoms with E-state index in [1.807, 2.05) is 31.2 Å². The molecule has 0 saturated carbocycles. The van der Waals surface area contributed by atoms with Crippen molar-refractivity contribution in [2.24, 2.45) is 0 Å². The van der Waals surface area contributed by atoms with Crippen LogP contribution in [-0.4, -0.2) is 37.8 Å². The SMILES string of the molecule is Cc1cccc(CNC(=O)c2ccc(C(=O)NC3CCS(=O)(=O)C3)cc2)c1. The van der Waals surface area contributed by atoms with Gasteiger partial charge in [-0.1, -0.05) is 29.8 Å². The van der Waals surface area contributed by atoms with Crippen LogP contribution in [0, 0.1) is 6.92 Å². The first-order chi connectivity index (χ1) is 12.8. The third-order valence-corrected chi connectivity index (χ3v) is 6.28. The fourth-order valence-electron chi connectivity index (χ4n) is 3.06. The van der Waals surface area contributed by atoms with Gasteiger partial charge in [0, 0.05) is 23.7 Å². The van der Waals surface area contributed by atoms with Crippen LogP contribution in [0.3, 0.4) is 0 Å². The molecule has 2 amide bonds. The number of hydrogen-bond acceptors (Lipinski definition) is 4. The van der Waals surface area contributed by atoms with Crippen molar-refractivity contribution < 1.29 is 18.0 Å². The summed E-state index contributed by atoms with van der Waals surface area (Å²) in [7, 11) is -3.04. The van der Waals surface area contributed by atoms with E-state index in [0.717, 1.165) is 11.1 Å². The second kappa shape index (κ2) is 7.92. The van der Waals surface area contributed by atoms with E-state index in [1.165, 1.54) is 0 Å². The molecule has 1 heterocycles. The van der Waals surface area contributed by atoms with Crippen LogP contribution in [0.5, 0.6) is 0 Å². The summed E-state index contributed by atoms with van der Waals surface area (Å²) in [5.74, 6) is -0.454. The first-order valence-electron chi connectivity index (χ1n) is 8.77. The monoisotopic (exact) mass is 386 g/mol. The topological polar surface area (TPSA) is 92.3 Å². The van der Waals surface area contributed by atoms with Gasteiger partial charge < -0.3 is 10.6 Å². The summed E-state index contributed by atoms with van der Waals surface area (Å²) >= 11 is 0. The van der Waals surface area contributed by atoms with Gasteiger partial charge in [-0.2, -0.15) is 0 Å². The number of carbonyl (C=O) groups is 2. The Balaban J connectivity index is 1.56. The molecule has 1 aliphatic heterocycles. The molecule has 7 heteroatoms. The van der Waals surface area contributed by atoms with Gasteiger partial charge in [-0.15, -0.1) is 0 Å². The van der Waals surface area contributed by atoms with E-state index in [2.05, 4.69) is 10.6 Å². The predicted octanol–water partition coefficient (Wildman–Crippen LogP) is 1.84. The van der Waals surface area contributed by atoms with Crippen LogP contribution in [0.15, 0.2) is 48.5 Å². The molecule has 0 aromatic heterocycles. The molecule has 2 aromatic carbocycles. The molecule has 3 rings (SSSR count). The lowest BCUT2D eigenvalue weighted by Crippen LogP contribution is -2.35. The Hall–Kier alpha value is -2.67. The molecule has 0 bridgehead atoms. The van der Waals surface area contributed by atoms with E-state index in [9.17, 15) is 18.0 Å². The number of hydrogen-bond donors (Lipinski definition) is 2. The lowest BCUT2D eigenvalue weighted by atomic mass is 10.1. The van der Waals surface area contributed by atoms with Crippen molar-refractivity contribution in [2.45, 2.75) is 25.9 Å². The van der Waals surface area contributed by atoms with Crippen molar-refractivity contribution >= 4 is 21.7 Å². The van der Waals surface area contributed by atoms with Crippen molar-refractivity contribution in [2.75, 3.05) is 11.5 Å². The maximum Gasteiger partial charge on any atom is 0.251 e. The highest BCUT2D eigenvalue weighted by Crippen LogP contribution is 2.13. The molecule has 1 aliphatic rings. The predicted molar refractivity (Wildman–Crippen MR) is 103 cm³/mol. The summed E-state index contributed by atoms with van der Waals surface area (Å²) in [6.07, 6.45) is 0.438. The smallest absolute Gasteiger partial charge is 0.251 e. The van der Waals surface area contributed by atoms with Gasteiger partial charge in [0.25, 0.3) is 11.8 Å². The van der Waals surface area contributed by atoms with Crippen molar-refractivity contribution in [1.82, 2.24) is 10.6 Å². The zero-order chi connectivity index (χ0) is 19.4. The van der Waals surface area contributed by atoms with E-state index in [0.29, 0.717) is 24.1 Å². The van der Waals surface area contributed by atoms with Crippen LogP contribution in [0.25, 0.3) is 0 Å². The normalized spacial score (nSPS) is 18.0. The molecular formula is C20H22N2O4S. The van der Waals surface area contributed by atoms with E-state index >= 15 is 0 Å². The highest BCUT2D eigenvalue weighted by molar-refractivity contribution is 7.91. The molecule has 2 aromatic rings. The third kappa shape index (κ3) is 5.17. The minimum absolute atomic E-state index is 0.0157. The number of carbonyl (C=O) groups excluding carboxylic acids is 2. The summed E-state index contributed by atoms with van der Waals surface area (Å²) in [4.78, 5) is 24.5. The first kappa shape index (κ1) is 19.1. The average Bonchev–Trinajstić information content (AvgIpc) is 2.98. The van der Waals surface area contributed by atoms with Crippen LogP contribution in [0.1, 0.15) is 38.3 Å². The van der Waals surface area contributed by atoms with Gasteiger partial charge in [-0.25, -0.2) is 8.42 Å². The number of nitrogens with one attached hydrogen (secondary N) is 2. The third-order valence-electron chi connectivity index (χ3n) is 4.51. The fraction of sp³-hybridized carbons (Fsp3) is 0.300. The molecule has 1 fully saturated rings. The molecule has 1 unspecified atom stereocenters. The Labute approximate surface area is 158 Å². The summed E-state index contributed by atoms with van der Waals surface area (Å²) in [5.41, 5.74) is 3.01. The second-order valence-corrected chi connectivity index (χ2v) is 9.05. The Morgan fingerprint density at radius 1 is 1.04 bits per heavy atom. The summed E-state index contributed by atoms with van der Waals surface area (Å²) in [6, 6.07) is 13.9. The Morgan fingerprint density at radius 3 is 2.30 bits per heavy atom. The van der Waals surface area contributed by atoms with E-state index < -0.39 is 9.84 Å². The number of sulfone groups is 1. The maximum absolute atomic E-state index is 12.3. The molecule has 0 spiro atoms. The Bertz CT molecular complexity index is 952. The van der Waals surface area contributed by atoms with Crippen LogP contribution in [-0.2, 0) is 16.4 Å². The first-order valence-corrected chi connectivity index (χ1v) is 10.6. The van der Waals surface area contributed by atoms with Crippen LogP contribution < -0.4 is 10.6 Å². The minimum Gasteiger partial charge on any atom is -0.348 e. The molecule has 1 atom stereocenters. The summed E-state index contributed by atoms with van der Waals surface area (Å²) in [5, 5.41) is 5.59. The lowest BCUT2D eigenvalue weighted by molar-refractivity contribution is 0.0933. The van der Waals surface area contributed by atoms with Crippen molar-refractivity contribution in [3.63, 3.8) is 0 Å². The van der Waals surface area contributed by atoms with Crippen LogP contribution in [0.2, 0.25) is 0 Å². The molecule has 6 nitrogen and oxygen atoms in total. The van der Waals surface area contributed by atoms with Gasteiger partial charge in [0.1, 0.15) is 0 Å². The summed E-state index contributed by atoms with van der Waals surface area (Å²) < 4.78 is 22.9. The largest absolute Gasteiger partial charge is 0.348 e. The van der Waals surface area contributed by atoms with Gasteiger partial charge in [0.05, 0.1) is 11.5 Å². The quantitative estimate of drug-likeness (QED) is 0.820. The summed E-state index contributed by atoms with van der Waals surface area (Å²) in [6.45, 7) is 2.43. The van der Waals surface area contributed by atoms with Crippen molar-refractivity contribution in [1.29, 1.82) is 0 Å². The van der Waals surface area contributed by atoms with E-state index in [4.69, 9.17) is 0 Å². The zero-order valence-corrected chi connectivity index (χ0v) is 15.9. The lowest BCUT2D eigenvalue weighted by Gasteiger charge is -2.11. The van der Waals surface area contributed by atoms with Gasteiger partial charge in [0.15, 0.2) is 9.84 Å². The number of aryl methyl sites for hydroxylation is 1. The maximum atomic E-state index is 12.3. The molecule has 0 aliphatic carbocycles. The highest BCUT2D eigenvalue weighted by Gasteiger charge is 2.29. The van der Waals surface area contributed by atoms with Gasteiger partial charge >= 0.3 is 0 Å². The molecule has 27 heavy (non-hydrogen) atoms. The van der Waals surface area contributed by atoms with Crippen LogP contribution >= 0.6 is 0 Å². The molecule has 0 radical (unpaired) electrons. The van der Waals surface area contributed by atoms with Gasteiger partial charge in [-0.05, 0) is 43.2 Å². The molecule has 142 valence electrons. The van der Waals surface area contributed by atoms with Crippen LogP contribution in [0.4, 0.5) is 0 Å². The number of benzene rings is 2. The standard InChI is InChI=1S/C20H22N2O4S/c1-14-3-2-4-15(11-14)12-21-19(23)16-5-7-17(8-6-16)20(24)22-18-9-10-27(25,26)13-18/h2-8,11,18H,9-10,12-13H2,1H3,(H,21,23)(H,22,24). The average molecular weight is 386 g/mol. The number of rotatable bonds is 5. The Morgan fingerprint density at radius 2 is 1.70 bits per heavy atom. The fourth-order valence-corrected chi connectivity index (χ4v) is 4.73. The number of amides is 2. The van der Waals surface area contributed by atoms with Crippen molar-refractivity contribution in [3.05, 3.63) is 70.8 Å². The second-order valence-electron chi connectivity index (χ2n) is 6.82. The Kier molecular flexibility index (Phi) is 5.60. The van der Waals surface area contributed by atoms with Crippen molar-refractivity contribution in [3.8, 4) is 0 Å². The van der Waals surface area contributed by atoms with Gasteiger partial charge in [-0.3, -0.25) is 9.59 Å². The van der Waals surface area contributed by atoms with Gasteiger partial charge in [0.2, 0.25) is 0 Å². The van der Waals surface area contributed by atoms with E-state index in [1.54, 1.807) is 24.3 Å². The molecular weight excluding hydrogens is 364 g/mol. The minimum atomic E-state index is -3.04. The highest BCUT2D eigenvalue weighted by atomic mass is 32.2. The van der Waals surface area contributed by atoms with E-state index in [-0.39, 0.29) is 29.4 Å². The zero-order valence-electron chi connectivity index (χ0n) is 15.1.